The molecular weight excluding hydrogens is 369 g/mol. The van der Waals surface area contributed by atoms with E-state index >= 15 is 0 Å². The summed E-state index contributed by atoms with van der Waals surface area (Å²) in [7, 11) is 0. The SMILES string of the molecule is Cc1nc2cc(Cl)c(-c3ccc(N(C=O)c4ccccc4F)nc3)cc2o1. The minimum Gasteiger partial charge on any atom is -0.441 e. The molecule has 0 saturated carbocycles. The van der Waals surface area contributed by atoms with Gasteiger partial charge >= 0.3 is 0 Å². The number of halogens is 2. The summed E-state index contributed by atoms with van der Waals surface area (Å²) in [6, 6.07) is 12.9. The Morgan fingerprint density at radius 1 is 1.19 bits per heavy atom. The van der Waals surface area contributed by atoms with Crippen molar-refractivity contribution in [2.75, 3.05) is 4.90 Å². The molecule has 2 aromatic carbocycles. The van der Waals surface area contributed by atoms with Gasteiger partial charge in [-0.1, -0.05) is 23.7 Å². The fourth-order valence-corrected chi connectivity index (χ4v) is 3.12. The molecule has 0 atom stereocenters. The summed E-state index contributed by atoms with van der Waals surface area (Å²) in [5.41, 5.74) is 2.89. The van der Waals surface area contributed by atoms with Crippen molar-refractivity contribution in [1.29, 1.82) is 0 Å². The lowest BCUT2D eigenvalue weighted by atomic mass is 10.1. The number of para-hydroxylation sites is 1. The molecule has 4 aromatic rings. The molecular formula is C20H13ClFN3O2. The zero-order valence-electron chi connectivity index (χ0n) is 14.2. The second-order valence-electron chi connectivity index (χ2n) is 5.86. The molecule has 7 heteroatoms. The van der Waals surface area contributed by atoms with Gasteiger partial charge in [-0.05, 0) is 36.4 Å². The molecule has 2 aromatic heterocycles. The highest BCUT2D eigenvalue weighted by Crippen LogP contribution is 2.33. The van der Waals surface area contributed by atoms with E-state index in [-0.39, 0.29) is 5.69 Å². The van der Waals surface area contributed by atoms with Crippen molar-refractivity contribution in [1.82, 2.24) is 9.97 Å². The van der Waals surface area contributed by atoms with Gasteiger partial charge in [-0.15, -0.1) is 0 Å². The van der Waals surface area contributed by atoms with Gasteiger partial charge in [0.05, 0.1) is 10.7 Å². The number of carbonyl (C=O) groups is 1. The van der Waals surface area contributed by atoms with Gasteiger partial charge < -0.3 is 4.42 Å². The van der Waals surface area contributed by atoms with Gasteiger partial charge in [0.2, 0.25) is 6.41 Å². The average molecular weight is 382 g/mol. The van der Waals surface area contributed by atoms with E-state index in [1.165, 1.54) is 12.1 Å². The van der Waals surface area contributed by atoms with Crippen LogP contribution in [0.15, 0.2) is 59.1 Å². The first-order valence-electron chi connectivity index (χ1n) is 8.09. The molecule has 0 unspecified atom stereocenters. The number of oxazole rings is 1. The fraction of sp³-hybridized carbons (Fsp3) is 0.0500. The summed E-state index contributed by atoms with van der Waals surface area (Å²) in [6.07, 6.45) is 2.10. The first-order valence-corrected chi connectivity index (χ1v) is 8.47. The van der Waals surface area contributed by atoms with Crippen LogP contribution in [-0.4, -0.2) is 16.4 Å². The molecule has 0 spiro atoms. The Kier molecular flexibility index (Phi) is 4.33. The van der Waals surface area contributed by atoms with Crippen LogP contribution in [0.1, 0.15) is 5.89 Å². The van der Waals surface area contributed by atoms with Crippen LogP contribution in [0.25, 0.3) is 22.2 Å². The van der Waals surface area contributed by atoms with Gasteiger partial charge in [0.15, 0.2) is 11.5 Å². The highest BCUT2D eigenvalue weighted by atomic mass is 35.5. The third-order valence-electron chi connectivity index (χ3n) is 4.11. The number of hydrogen-bond donors (Lipinski definition) is 0. The Labute approximate surface area is 159 Å². The van der Waals surface area contributed by atoms with Crippen molar-refractivity contribution in [2.24, 2.45) is 0 Å². The van der Waals surface area contributed by atoms with Crippen molar-refractivity contribution in [3.63, 3.8) is 0 Å². The molecule has 0 N–H and O–H groups in total. The number of pyridine rings is 1. The van der Waals surface area contributed by atoms with Crippen LogP contribution in [0, 0.1) is 12.7 Å². The molecule has 134 valence electrons. The molecule has 0 aliphatic heterocycles. The van der Waals surface area contributed by atoms with Gasteiger partial charge in [0, 0.05) is 24.2 Å². The summed E-state index contributed by atoms with van der Waals surface area (Å²) >= 11 is 6.37. The normalized spacial score (nSPS) is 10.9. The van der Waals surface area contributed by atoms with Gasteiger partial charge in [-0.2, -0.15) is 0 Å². The monoisotopic (exact) mass is 381 g/mol. The van der Waals surface area contributed by atoms with E-state index in [0.717, 1.165) is 16.0 Å². The fourth-order valence-electron chi connectivity index (χ4n) is 2.85. The number of rotatable bonds is 4. The standard InChI is InChI=1S/C20H13ClFN3O2/c1-12-24-17-9-15(21)14(8-19(17)27-12)13-6-7-20(23-10-13)25(11-26)18-5-3-2-4-16(18)22/h2-11H,1H3. The second-order valence-corrected chi connectivity index (χ2v) is 6.27. The third kappa shape index (κ3) is 3.15. The summed E-state index contributed by atoms with van der Waals surface area (Å²) in [5, 5.41) is 0.506. The molecule has 2 heterocycles. The quantitative estimate of drug-likeness (QED) is 0.451. The molecule has 0 bridgehead atoms. The smallest absolute Gasteiger partial charge is 0.219 e. The number of hydrogen-bond acceptors (Lipinski definition) is 4. The number of carbonyl (C=O) groups excluding carboxylic acids is 1. The van der Waals surface area contributed by atoms with Gasteiger partial charge in [0.1, 0.15) is 17.2 Å². The molecule has 0 saturated heterocycles. The van der Waals surface area contributed by atoms with Gasteiger partial charge in [-0.3, -0.25) is 9.69 Å². The topological polar surface area (TPSA) is 59.2 Å². The second kappa shape index (κ2) is 6.81. The summed E-state index contributed by atoms with van der Waals surface area (Å²) in [5.74, 6) is 0.342. The molecule has 0 aliphatic rings. The predicted molar refractivity (Wildman–Crippen MR) is 102 cm³/mol. The maximum absolute atomic E-state index is 14.0. The van der Waals surface area contributed by atoms with Gasteiger partial charge in [0.25, 0.3) is 0 Å². The van der Waals surface area contributed by atoms with Crippen LogP contribution in [0.4, 0.5) is 15.9 Å². The Hall–Kier alpha value is -3.25. The molecule has 27 heavy (non-hydrogen) atoms. The van der Waals surface area contributed by atoms with Crippen LogP contribution in [0.3, 0.4) is 0 Å². The van der Waals surface area contributed by atoms with E-state index in [0.29, 0.717) is 34.2 Å². The number of benzene rings is 2. The minimum atomic E-state index is -0.510. The van der Waals surface area contributed by atoms with Crippen LogP contribution in [0.2, 0.25) is 5.02 Å². The third-order valence-corrected chi connectivity index (χ3v) is 4.42. The summed E-state index contributed by atoms with van der Waals surface area (Å²) < 4.78 is 19.5. The Morgan fingerprint density at radius 2 is 2.00 bits per heavy atom. The number of aromatic nitrogens is 2. The van der Waals surface area contributed by atoms with E-state index in [2.05, 4.69) is 9.97 Å². The summed E-state index contributed by atoms with van der Waals surface area (Å²) in [6.45, 7) is 1.76. The molecule has 0 fully saturated rings. The number of fused-ring (bicyclic) bond motifs is 1. The molecule has 0 aliphatic carbocycles. The maximum Gasteiger partial charge on any atom is 0.219 e. The molecule has 0 radical (unpaired) electrons. The number of amides is 1. The van der Waals surface area contributed by atoms with E-state index in [4.69, 9.17) is 16.0 Å². The van der Waals surface area contributed by atoms with E-state index < -0.39 is 5.82 Å². The van der Waals surface area contributed by atoms with E-state index in [1.807, 2.05) is 0 Å². The largest absolute Gasteiger partial charge is 0.441 e. The number of aryl methyl sites for hydroxylation is 1. The lowest BCUT2D eigenvalue weighted by Crippen LogP contribution is -2.16. The number of nitrogens with zero attached hydrogens (tertiary/aromatic N) is 3. The highest BCUT2D eigenvalue weighted by Gasteiger charge is 2.15. The first-order chi connectivity index (χ1) is 13.1. The Morgan fingerprint density at radius 3 is 2.70 bits per heavy atom. The Balaban J connectivity index is 1.73. The average Bonchev–Trinajstić information content (AvgIpc) is 3.02. The van der Waals surface area contributed by atoms with Crippen LogP contribution < -0.4 is 4.90 Å². The van der Waals surface area contributed by atoms with Gasteiger partial charge in [-0.25, -0.2) is 14.4 Å². The van der Waals surface area contributed by atoms with Crippen molar-refractivity contribution < 1.29 is 13.6 Å². The van der Waals surface area contributed by atoms with Crippen molar-refractivity contribution >= 4 is 40.6 Å². The zero-order chi connectivity index (χ0) is 19.0. The van der Waals surface area contributed by atoms with E-state index in [9.17, 15) is 9.18 Å². The zero-order valence-corrected chi connectivity index (χ0v) is 14.9. The molecule has 4 rings (SSSR count). The minimum absolute atomic E-state index is 0.129. The lowest BCUT2D eigenvalue weighted by molar-refractivity contribution is -0.106. The van der Waals surface area contributed by atoms with E-state index in [1.54, 1.807) is 49.5 Å². The van der Waals surface area contributed by atoms with Crippen molar-refractivity contribution in [3.05, 3.63) is 71.5 Å². The summed E-state index contributed by atoms with van der Waals surface area (Å²) in [4.78, 5) is 21.2. The molecule has 5 nitrogen and oxygen atoms in total. The van der Waals surface area contributed by atoms with Crippen LogP contribution in [0.5, 0.6) is 0 Å². The lowest BCUT2D eigenvalue weighted by Gasteiger charge is -2.17. The predicted octanol–water partition coefficient (Wildman–Crippen LogP) is 5.29. The van der Waals surface area contributed by atoms with Crippen LogP contribution in [-0.2, 0) is 4.79 Å². The molecule has 1 amide bonds. The van der Waals surface area contributed by atoms with Crippen molar-refractivity contribution in [2.45, 2.75) is 6.92 Å². The maximum atomic E-state index is 14.0. The Bertz CT molecular complexity index is 1140. The highest BCUT2D eigenvalue weighted by molar-refractivity contribution is 6.34. The number of anilines is 2. The first kappa shape index (κ1) is 17.2. The van der Waals surface area contributed by atoms with Crippen molar-refractivity contribution in [3.8, 4) is 11.1 Å². The van der Waals surface area contributed by atoms with Crippen LogP contribution >= 0.6 is 11.6 Å².